The van der Waals surface area contributed by atoms with Crippen molar-refractivity contribution in [3.05, 3.63) is 35.4 Å². The van der Waals surface area contributed by atoms with E-state index in [1.54, 1.807) is 0 Å². The van der Waals surface area contributed by atoms with Crippen LogP contribution in [0.3, 0.4) is 0 Å². The van der Waals surface area contributed by atoms with Crippen LogP contribution in [0.15, 0.2) is 18.2 Å². The minimum absolute atomic E-state index is 0.113. The van der Waals surface area contributed by atoms with E-state index in [0.29, 0.717) is 6.07 Å². The van der Waals surface area contributed by atoms with E-state index in [1.165, 1.54) is 0 Å². The molecule has 21 heavy (non-hydrogen) atoms. The van der Waals surface area contributed by atoms with Gasteiger partial charge in [-0.15, -0.1) is 0 Å². The molecule has 9 heteroatoms. The van der Waals surface area contributed by atoms with E-state index in [9.17, 15) is 23.2 Å². The number of halogens is 2. The number of carboxylic acid groups (broad SMARTS) is 1. The summed E-state index contributed by atoms with van der Waals surface area (Å²) in [6.45, 7) is 0. The number of hydrogen-bond donors (Lipinski definition) is 1. The quantitative estimate of drug-likeness (QED) is 0.835. The van der Waals surface area contributed by atoms with Gasteiger partial charge in [-0.25, -0.2) is 28.1 Å². The third-order valence-electron chi connectivity index (χ3n) is 2.91. The normalized spacial score (nSPS) is 21.1. The molecule has 0 aliphatic carbocycles. The monoisotopic (exact) mass is 301 g/mol. The van der Waals surface area contributed by atoms with Gasteiger partial charge >= 0.3 is 18.2 Å². The molecule has 0 aromatic heterocycles. The highest BCUT2D eigenvalue weighted by Gasteiger charge is 2.50. The fourth-order valence-electron chi connectivity index (χ4n) is 1.99. The second-order valence-electron chi connectivity index (χ2n) is 4.10. The first-order valence-corrected chi connectivity index (χ1v) is 5.62. The molecule has 7 nitrogen and oxygen atoms in total. The third-order valence-corrected chi connectivity index (χ3v) is 2.91. The molecule has 1 saturated heterocycles. The van der Waals surface area contributed by atoms with Crippen molar-refractivity contribution >= 4 is 18.2 Å². The summed E-state index contributed by atoms with van der Waals surface area (Å²) >= 11 is 0. The number of esters is 1. The topological polar surface area (TPSA) is 93.1 Å². The Labute approximate surface area is 116 Å². The predicted molar refractivity (Wildman–Crippen MR) is 61.2 cm³/mol. The number of carbonyl (C=O) groups is 3. The Morgan fingerprint density at radius 2 is 2.00 bits per heavy atom. The molecule has 0 bridgehead atoms. The van der Waals surface area contributed by atoms with Crippen LogP contribution in [0.25, 0.3) is 0 Å². The smallest absolute Gasteiger partial charge is 0.420 e. The van der Waals surface area contributed by atoms with Crippen LogP contribution in [-0.4, -0.2) is 41.4 Å². The molecule has 2 unspecified atom stereocenters. The van der Waals surface area contributed by atoms with Crippen molar-refractivity contribution < 1.29 is 37.7 Å². The minimum atomic E-state index is -1.69. The van der Waals surface area contributed by atoms with Gasteiger partial charge in [-0.1, -0.05) is 6.07 Å². The number of benzene rings is 1. The van der Waals surface area contributed by atoms with E-state index in [4.69, 9.17) is 5.11 Å². The van der Waals surface area contributed by atoms with Crippen molar-refractivity contribution in [2.45, 2.75) is 12.1 Å². The summed E-state index contributed by atoms with van der Waals surface area (Å²) in [5.74, 6) is -3.41. The lowest BCUT2D eigenvalue weighted by molar-refractivity contribution is -0.150. The minimum Gasteiger partial charge on any atom is -0.466 e. The molecule has 0 radical (unpaired) electrons. The van der Waals surface area contributed by atoms with Crippen LogP contribution in [0.4, 0.5) is 18.4 Å². The number of amides is 2. The predicted octanol–water partition coefficient (Wildman–Crippen LogP) is 1.68. The highest BCUT2D eigenvalue weighted by atomic mass is 19.2. The molecule has 0 saturated carbocycles. The maximum Gasteiger partial charge on any atom is 0.420 e. The zero-order valence-electron chi connectivity index (χ0n) is 10.6. The van der Waals surface area contributed by atoms with Crippen LogP contribution in [0, 0.1) is 11.6 Å². The Hall–Kier alpha value is -2.71. The first kappa shape index (κ1) is 14.7. The highest BCUT2D eigenvalue weighted by molar-refractivity contribution is 5.93. The van der Waals surface area contributed by atoms with E-state index in [2.05, 4.69) is 9.47 Å². The molecule has 2 amide bonds. The Bertz CT molecular complexity index is 620. The van der Waals surface area contributed by atoms with Gasteiger partial charge in [0.25, 0.3) is 0 Å². The van der Waals surface area contributed by atoms with Gasteiger partial charge in [-0.05, 0) is 17.7 Å². The van der Waals surface area contributed by atoms with Crippen LogP contribution >= 0.6 is 0 Å². The molecule has 112 valence electrons. The van der Waals surface area contributed by atoms with Crippen molar-refractivity contribution in [3.63, 3.8) is 0 Å². The van der Waals surface area contributed by atoms with E-state index >= 15 is 0 Å². The molecule has 1 fully saturated rings. The average Bonchev–Trinajstić information content (AvgIpc) is 2.78. The van der Waals surface area contributed by atoms with Gasteiger partial charge in [0, 0.05) is 0 Å². The zero-order chi connectivity index (χ0) is 15.7. The number of carbonyl (C=O) groups excluding carboxylic acids is 2. The molecule has 1 heterocycles. The number of methoxy groups -OCH3 is 1. The van der Waals surface area contributed by atoms with Crippen molar-refractivity contribution in [1.29, 1.82) is 0 Å². The lowest BCUT2D eigenvalue weighted by atomic mass is 10.0. The number of nitrogens with zero attached hydrogens (tertiary/aromatic N) is 1. The van der Waals surface area contributed by atoms with Gasteiger partial charge in [-0.2, -0.15) is 0 Å². The number of rotatable bonds is 2. The van der Waals surface area contributed by atoms with Crippen LogP contribution < -0.4 is 0 Å². The summed E-state index contributed by atoms with van der Waals surface area (Å²) in [7, 11) is 1.02. The lowest BCUT2D eigenvalue weighted by Crippen LogP contribution is -2.36. The number of hydrogen-bond acceptors (Lipinski definition) is 5. The van der Waals surface area contributed by atoms with Gasteiger partial charge in [0.1, 0.15) is 6.04 Å². The maximum absolute atomic E-state index is 13.3. The fraction of sp³-hybridized carbons (Fsp3) is 0.250. The second kappa shape index (κ2) is 5.35. The number of imide groups is 1. The summed E-state index contributed by atoms with van der Waals surface area (Å²) in [5.41, 5.74) is -0.113. The van der Waals surface area contributed by atoms with Crippen molar-refractivity contribution in [2.24, 2.45) is 0 Å². The van der Waals surface area contributed by atoms with Crippen molar-refractivity contribution in [3.8, 4) is 0 Å². The first-order chi connectivity index (χ1) is 9.86. The Morgan fingerprint density at radius 1 is 1.33 bits per heavy atom. The van der Waals surface area contributed by atoms with E-state index < -0.39 is 41.9 Å². The van der Waals surface area contributed by atoms with E-state index in [-0.39, 0.29) is 10.5 Å². The second-order valence-corrected chi connectivity index (χ2v) is 4.10. The van der Waals surface area contributed by atoms with Gasteiger partial charge in [0.05, 0.1) is 7.11 Å². The molecule has 0 spiro atoms. The van der Waals surface area contributed by atoms with Crippen molar-refractivity contribution in [2.75, 3.05) is 7.11 Å². The van der Waals surface area contributed by atoms with Crippen molar-refractivity contribution in [1.82, 2.24) is 4.90 Å². The van der Waals surface area contributed by atoms with E-state index in [0.717, 1.165) is 19.2 Å². The molecule has 1 N–H and O–H groups in total. The fourth-order valence-corrected chi connectivity index (χ4v) is 1.99. The molecule has 1 aromatic carbocycles. The standard InChI is InChI=1S/C12H9F2NO6/c1-20-10(16)9-8(15(11(17)18)12(19)21-9)5-2-3-6(13)7(14)4-5/h2-4,8-9H,1H3,(H,17,18). The largest absolute Gasteiger partial charge is 0.466 e. The first-order valence-electron chi connectivity index (χ1n) is 5.62. The lowest BCUT2D eigenvalue weighted by Gasteiger charge is -2.20. The van der Waals surface area contributed by atoms with Gasteiger partial charge < -0.3 is 14.6 Å². The van der Waals surface area contributed by atoms with Crippen LogP contribution in [0.2, 0.25) is 0 Å². The van der Waals surface area contributed by atoms with E-state index in [1.807, 2.05) is 0 Å². The Balaban J connectivity index is 2.50. The summed E-state index contributed by atoms with van der Waals surface area (Å²) < 4.78 is 35.3. The number of ether oxygens (including phenoxy) is 2. The van der Waals surface area contributed by atoms with Crippen LogP contribution in [0.5, 0.6) is 0 Å². The molecular weight excluding hydrogens is 292 g/mol. The summed E-state index contributed by atoms with van der Waals surface area (Å²) in [6, 6.07) is 1.03. The van der Waals surface area contributed by atoms with Crippen LogP contribution in [0.1, 0.15) is 11.6 Å². The summed E-state index contributed by atoms with van der Waals surface area (Å²) in [4.78, 5) is 34.4. The zero-order valence-corrected chi connectivity index (χ0v) is 10.6. The number of cyclic esters (lactones) is 1. The molecule has 1 aliphatic heterocycles. The third kappa shape index (κ3) is 2.49. The molecule has 1 aliphatic rings. The van der Waals surface area contributed by atoms with Crippen LogP contribution in [-0.2, 0) is 14.3 Å². The molecule has 2 atom stereocenters. The Kier molecular flexibility index (Phi) is 3.74. The molecule has 1 aromatic rings. The summed E-state index contributed by atoms with van der Waals surface area (Å²) in [5, 5.41) is 9.02. The van der Waals surface area contributed by atoms with Gasteiger partial charge in [0.2, 0.25) is 6.10 Å². The highest BCUT2D eigenvalue weighted by Crippen LogP contribution is 2.34. The molecule has 2 rings (SSSR count). The molecular formula is C12H9F2NO6. The SMILES string of the molecule is COC(=O)C1OC(=O)N(C(=O)O)C1c1ccc(F)c(F)c1. The Morgan fingerprint density at radius 3 is 2.52 bits per heavy atom. The van der Waals surface area contributed by atoms with Gasteiger partial charge in [-0.3, -0.25) is 0 Å². The van der Waals surface area contributed by atoms with Gasteiger partial charge in [0.15, 0.2) is 11.6 Å². The summed E-state index contributed by atoms with van der Waals surface area (Å²) in [6.07, 6.45) is -4.59. The maximum atomic E-state index is 13.3. The average molecular weight is 301 g/mol.